The zero-order valence-corrected chi connectivity index (χ0v) is 14.4. The van der Waals surface area contributed by atoms with Gasteiger partial charge in [-0.05, 0) is 49.7 Å². The number of aromatic nitrogens is 3. The van der Waals surface area contributed by atoms with Crippen molar-refractivity contribution in [2.24, 2.45) is 0 Å². The van der Waals surface area contributed by atoms with Crippen LogP contribution in [-0.4, -0.2) is 26.4 Å². The van der Waals surface area contributed by atoms with Gasteiger partial charge in [0.15, 0.2) is 0 Å². The molecule has 0 radical (unpaired) electrons. The van der Waals surface area contributed by atoms with Crippen molar-refractivity contribution in [1.82, 2.24) is 14.8 Å². The van der Waals surface area contributed by atoms with Crippen LogP contribution in [0.4, 0.5) is 5.69 Å². The van der Waals surface area contributed by atoms with Gasteiger partial charge < -0.3 is 5.32 Å². The Bertz CT molecular complexity index is 829. The van der Waals surface area contributed by atoms with Crippen molar-refractivity contribution >= 4 is 23.4 Å². The number of amides is 1. The number of thioether (sulfide) groups is 1. The molecule has 24 heavy (non-hydrogen) atoms. The summed E-state index contributed by atoms with van der Waals surface area (Å²) in [6, 6.07) is 13.8. The van der Waals surface area contributed by atoms with Gasteiger partial charge in [-0.25, -0.2) is 9.67 Å². The second-order valence-corrected chi connectivity index (χ2v) is 6.51. The minimum Gasteiger partial charge on any atom is -0.325 e. The average Bonchev–Trinajstić information content (AvgIpc) is 3.11. The molecule has 0 spiro atoms. The van der Waals surface area contributed by atoms with Crippen molar-refractivity contribution < 1.29 is 4.79 Å². The fraction of sp³-hybridized carbons (Fsp3) is 0.167. The highest BCUT2D eigenvalue weighted by atomic mass is 32.2. The summed E-state index contributed by atoms with van der Waals surface area (Å²) >= 11 is 1.56. The quantitative estimate of drug-likeness (QED) is 0.722. The molecule has 0 unspecified atom stereocenters. The van der Waals surface area contributed by atoms with Gasteiger partial charge >= 0.3 is 0 Å². The van der Waals surface area contributed by atoms with Gasteiger partial charge in [0.05, 0.1) is 11.4 Å². The Balaban J connectivity index is 1.58. The maximum Gasteiger partial charge on any atom is 0.234 e. The first kappa shape index (κ1) is 16.3. The lowest BCUT2D eigenvalue weighted by molar-refractivity contribution is -0.113. The van der Waals surface area contributed by atoms with Crippen LogP contribution >= 0.6 is 11.8 Å². The second kappa shape index (κ2) is 7.31. The van der Waals surface area contributed by atoms with E-state index in [1.54, 1.807) is 22.8 Å². The minimum absolute atomic E-state index is 0.0191. The van der Waals surface area contributed by atoms with E-state index in [0.717, 1.165) is 16.3 Å². The first-order valence-corrected chi connectivity index (χ1v) is 8.55. The normalized spacial score (nSPS) is 10.6. The number of hydrogen-bond donors (Lipinski definition) is 1. The Morgan fingerprint density at radius 1 is 1.17 bits per heavy atom. The van der Waals surface area contributed by atoms with Crippen molar-refractivity contribution in [2.45, 2.75) is 18.7 Å². The highest BCUT2D eigenvalue weighted by Crippen LogP contribution is 2.23. The standard InChI is InChI=1S/C18H18N4OS/c1-13-3-4-14(2)17(9-13)24-10-18(23)21-15-5-7-16(8-6-15)22-12-19-11-20-22/h3-9,11-12H,10H2,1-2H3,(H,21,23). The number of anilines is 1. The molecule has 1 aromatic heterocycles. The van der Waals surface area contributed by atoms with Gasteiger partial charge in [0, 0.05) is 10.6 Å². The van der Waals surface area contributed by atoms with E-state index in [4.69, 9.17) is 0 Å². The third kappa shape index (κ3) is 4.02. The van der Waals surface area contributed by atoms with Crippen LogP contribution in [-0.2, 0) is 4.79 Å². The number of carbonyl (C=O) groups excluding carboxylic acids is 1. The largest absolute Gasteiger partial charge is 0.325 e. The van der Waals surface area contributed by atoms with E-state index in [2.05, 4.69) is 47.4 Å². The number of nitrogens with zero attached hydrogens (tertiary/aromatic N) is 3. The van der Waals surface area contributed by atoms with Crippen LogP contribution in [0.1, 0.15) is 11.1 Å². The highest BCUT2D eigenvalue weighted by molar-refractivity contribution is 8.00. The molecule has 0 atom stereocenters. The summed E-state index contributed by atoms with van der Waals surface area (Å²) in [6.07, 6.45) is 3.12. The number of nitrogens with one attached hydrogen (secondary N) is 1. The van der Waals surface area contributed by atoms with E-state index >= 15 is 0 Å². The summed E-state index contributed by atoms with van der Waals surface area (Å²) in [5, 5.41) is 6.98. The molecule has 1 amide bonds. The number of carbonyl (C=O) groups is 1. The molecular formula is C18H18N4OS. The van der Waals surface area contributed by atoms with Gasteiger partial charge in [-0.15, -0.1) is 11.8 Å². The van der Waals surface area contributed by atoms with Crippen LogP contribution in [0.15, 0.2) is 60.0 Å². The molecule has 6 heteroatoms. The zero-order chi connectivity index (χ0) is 16.9. The summed E-state index contributed by atoms with van der Waals surface area (Å²) in [6.45, 7) is 4.11. The Kier molecular flexibility index (Phi) is 4.96. The Morgan fingerprint density at radius 2 is 1.96 bits per heavy atom. The smallest absolute Gasteiger partial charge is 0.234 e. The molecule has 0 aliphatic heterocycles. The predicted molar refractivity (Wildman–Crippen MR) is 96.6 cm³/mol. The van der Waals surface area contributed by atoms with Gasteiger partial charge in [-0.2, -0.15) is 5.10 Å². The molecule has 1 heterocycles. The molecule has 0 bridgehead atoms. The molecule has 0 saturated heterocycles. The summed E-state index contributed by atoms with van der Waals surface area (Å²) in [5.41, 5.74) is 4.06. The second-order valence-electron chi connectivity index (χ2n) is 5.49. The number of hydrogen-bond acceptors (Lipinski definition) is 4. The molecule has 0 saturated carbocycles. The van der Waals surface area contributed by atoms with Crippen LogP contribution in [0.2, 0.25) is 0 Å². The molecule has 122 valence electrons. The molecule has 3 aromatic rings. The van der Waals surface area contributed by atoms with Crippen molar-refractivity contribution in [3.05, 3.63) is 66.2 Å². The summed E-state index contributed by atoms with van der Waals surface area (Å²) in [4.78, 5) is 17.2. The Labute approximate surface area is 145 Å². The monoisotopic (exact) mass is 338 g/mol. The number of benzene rings is 2. The fourth-order valence-electron chi connectivity index (χ4n) is 2.24. The molecule has 0 aliphatic rings. The van der Waals surface area contributed by atoms with E-state index in [1.807, 2.05) is 24.3 Å². The van der Waals surface area contributed by atoms with E-state index in [0.29, 0.717) is 5.75 Å². The SMILES string of the molecule is Cc1ccc(C)c(SCC(=O)Nc2ccc(-n3cncn3)cc2)c1. The maximum absolute atomic E-state index is 12.1. The molecule has 0 fully saturated rings. The van der Waals surface area contributed by atoms with Crippen LogP contribution in [0.25, 0.3) is 5.69 Å². The molecular weight excluding hydrogens is 320 g/mol. The van der Waals surface area contributed by atoms with E-state index in [1.165, 1.54) is 17.5 Å². The van der Waals surface area contributed by atoms with Gasteiger partial charge in [0.25, 0.3) is 0 Å². The van der Waals surface area contributed by atoms with Crippen molar-refractivity contribution in [3.8, 4) is 5.69 Å². The first-order chi connectivity index (χ1) is 11.6. The van der Waals surface area contributed by atoms with Crippen LogP contribution in [0.5, 0.6) is 0 Å². The maximum atomic E-state index is 12.1. The van der Waals surface area contributed by atoms with E-state index < -0.39 is 0 Å². The number of rotatable bonds is 5. The predicted octanol–water partition coefficient (Wildman–Crippen LogP) is 3.61. The van der Waals surface area contributed by atoms with Gasteiger partial charge in [0.1, 0.15) is 12.7 Å². The topological polar surface area (TPSA) is 59.8 Å². The highest BCUT2D eigenvalue weighted by Gasteiger charge is 2.06. The molecule has 0 aliphatic carbocycles. The third-order valence-corrected chi connectivity index (χ3v) is 4.69. The lowest BCUT2D eigenvalue weighted by Crippen LogP contribution is -2.14. The summed E-state index contributed by atoms with van der Waals surface area (Å²) in [5.74, 6) is 0.365. The third-order valence-electron chi connectivity index (χ3n) is 3.54. The lowest BCUT2D eigenvalue weighted by Gasteiger charge is -2.08. The molecule has 2 aromatic carbocycles. The molecule has 3 rings (SSSR count). The Hall–Kier alpha value is -2.60. The van der Waals surface area contributed by atoms with Crippen molar-refractivity contribution in [1.29, 1.82) is 0 Å². The molecule has 1 N–H and O–H groups in total. The van der Waals surface area contributed by atoms with Gasteiger partial charge in [0.2, 0.25) is 5.91 Å². The van der Waals surface area contributed by atoms with Crippen molar-refractivity contribution in [3.63, 3.8) is 0 Å². The Morgan fingerprint density at radius 3 is 2.67 bits per heavy atom. The number of aryl methyl sites for hydroxylation is 2. The van der Waals surface area contributed by atoms with Crippen LogP contribution < -0.4 is 5.32 Å². The van der Waals surface area contributed by atoms with Crippen molar-refractivity contribution in [2.75, 3.05) is 11.1 Å². The minimum atomic E-state index is -0.0191. The lowest BCUT2D eigenvalue weighted by atomic mass is 10.2. The van der Waals surface area contributed by atoms with Crippen LogP contribution in [0, 0.1) is 13.8 Å². The van der Waals surface area contributed by atoms with Crippen LogP contribution in [0.3, 0.4) is 0 Å². The van der Waals surface area contributed by atoms with E-state index in [9.17, 15) is 4.79 Å². The fourth-order valence-corrected chi connectivity index (χ4v) is 3.17. The van der Waals surface area contributed by atoms with E-state index in [-0.39, 0.29) is 5.91 Å². The van der Waals surface area contributed by atoms with Gasteiger partial charge in [-0.3, -0.25) is 4.79 Å². The first-order valence-electron chi connectivity index (χ1n) is 7.57. The van der Waals surface area contributed by atoms with Gasteiger partial charge in [-0.1, -0.05) is 17.7 Å². The summed E-state index contributed by atoms with van der Waals surface area (Å²) in [7, 11) is 0. The summed E-state index contributed by atoms with van der Waals surface area (Å²) < 4.78 is 1.67. The zero-order valence-electron chi connectivity index (χ0n) is 13.6. The average molecular weight is 338 g/mol. The molecule has 5 nitrogen and oxygen atoms in total.